The Bertz CT molecular complexity index is 767. The number of carbonyl (C=O) groups excluding carboxylic acids is 1. The van der Waals surface area contributed by atoms with Crippen LogP contribution in [0.3, 0.4) is 0 Å². The zero-order valence-electron chi connectivity index (χ0n) is 14.4. The molecule has 1 saturated heterocycles. The molecule has 1 aliphatic rings. The molecule has 1 aliphatic heterocycles. The number of ether oxygens (including phenoxy) is 1. The molecule has 1 atom stereocenters. The predicted octanol–water partition coefficient (Wildman–Crippen LogP) is 1.07. The van der Waals surface area contributed by atoms with E-state index >= 15 is 0 Å². The number of rotatable bonds is 5. The van der Waals surface area contributed by atoms with E-state index in [0.29, 0.717) is 38.4 Å². The van der Waals surface area contributed by atoms with Gasteiger partial charge in [0.25, 0.3) is 5.56 Å². The Balaban J connectivity index is 1.80. The molecule has 1 fully saturated rings. The summed E-state index contributed by atoms with van der Waals surface area (Å²) in [5.41, 5.74) is 1.48. The number of hydrogen-bond donors (Lipinski definition) is 1. The minimum Gasteiger partial charge on any atom is -0.378 e. The highest BCUT2D eigenvalue weighted by Crippen LogP contribution is 2.17. The van der Waals surface area contributed by atoms with E-state index in [1.165, 1.54) is 0 Å². The molecule has 1 aromatic heterocycles. The highest BCUT2D eigenvalue weighted by atomic mass is 16.5. The number of nitrogens with zero attached hydrogens (tertiary/aromatic N) is 2. The maximum absolute atomic E-state index is 13.0. The third-order valence-corrected chi connectivity index (χ3v) is 4.40. The number of morpholine rings is 1. The normalized spacial score (nSPS) is 15.8. The molecule has 1 aromatic carbocycles. The first-order valence-electron chi connectivity index (χ1n) is 8.46. The first kappa shape index (κ1) is 17.4. The number of pyridine rings is 1. The molecule has 0 saturated carbocycles. The smallest absolute Gasteiger partial charge is 0.254 e. The van der Waals surface area contributed by atoms with Crippen molar-refractivity contribution in [3.05, 3.63) is 70.1 Å². The molecule has 0 radical (unpaired) electrons. The molecule has 0 spiro atoms. The van der Waals surface area contributed by atoms with Gasteiger partial charge in [-0.05, 0) is 11.6 Å². The molecule has 1 unspecified atom stereocenters. The Morgan fingerprint density at radius 2 is 1.88 bits per heavy atom. The van der Waals surface area contributed by atoms with Crippen molar-refractivity contribution in [2.75, 3.05) is 26.3 Å². The van der Waals surface area contributed by atoms with Gasteiger partial charge in [0.1, 0.15) is 6.04 Å². The van der Waals surface area contributed by atoms with Crippen LogP contribution in [-0.2, 0) is 23.1 Å². The van der Waals surface area contributed by atoms with Crippen molar-refractivity contribution in [3.63, 3.8) is 0 Å². The van der Waals surface area contributed by atoms with Crippen LogP contribution in [0.2, 0.25) is 0 Å². The van der Waals surface area contributed by atoms with Crippen molar-refractivity contribution >= 4 is 5.91 Å². The monoisotopic (exact) mass is 341 g/mol. The number of aromatic nitrogens is 1. The summed E-state index contributed by atoms with van der Waals surface area (Å²) in [6, 6.07) is 12.8. The molecular weight excluding hydrogens is 318 g/mol. The number of nitrogens with one attached hydrogen (secondary N) is 1. The van der Waals surface area contributed by atoms with Crippen LogP contribution in [0, 0.1) is 0 Å². The topological polar surface area (TPSA) is 63.6 Å². The van der Waals surface area contributed by atoms with Gasteiger partial charge in [0, 0.05) is 38.4 Å². The summed E-state index contributed by atoms with van der Waals surface area (Å²) < 4.78 is 6.88. The first-order chi connectivity index (χ1) is 12.2. The second-order valence-electron chi connectivity index (χ2n) is 6.11. The summed E-state index contributed by atoms with van der Waals surface area (Å²) in [7, 11) is 1.72. The van der Waals surface area contributed by atoms with Gasteiger partial charge in [0.15, 0.2) is 0 Å². The summed E-state index contributed by atoms with van der Waals surface area (Å²) >= 11 is 0. The molecule has 1 N–H and O–H groups in total. The van der Waals surface area contributed by atoms with Gasteiger partial charge in [-0.3, -0.25) is 14.9 Å². The van der Waals surface area contributed by atoms with Gasteiger partial charge in [-0.25, -0.2) is 0 Å². The Hall–Kier alpha value is -2.44. The van der Waals surface area contributed by atoms with E-state index in [-0.39, 0.29) is 11.5 Å². The molecule has 2 aromatic rings. The number of amides is 1. The van der Waals surface area contributed by atoms with E-state index < -0.39 is 6.04 Å². The van der Waals surface area contributed by atoms with Crippen LogP contribution in [0.5, 0.6) is 0 Å². The van der Waals surface area contributed by atoms with Crippen molar-refractivity contribution in [1.29, 1.82) is 0 Å². The number of aryl methyl sites for hydroxylation is 1. The second-order valence-corrected chi connectivity index (χ2v) is 6.11. The standard InChI is InChI=1S/C19H23N3O3/c1-21-9-5-8-16(18(21)23)14-20-17(15-6-3-2-4-7-15)19(24)22-10-12-25-13-11-22/h2-9,17,20H,10-14H2,1H3. The van der Waals surface area contributed by atoms with Crippen LogP contribution in [0.15, 0.2) is 53.5 Å². The molecular formula is C19H23N3O3. The van der Waals surface area contributed by atoms with Gasteiger partial charge in [-0.1, -0.05) is 36.4 Å². The number of hydrogen-bond acceptors (Lipinski definition) is 4. The fraction of sp³-hybridized carbons (Fsp3) is 0.368. The van der Waals surface area contributed by atoms with Crippen LogP contribution in [0.25, 0.3) is 0 Å². The third-order valence-electron chi connectivity index (χ3n) is 4.40. The lowest BCUT2D eigenvalue weighted by atomic mass is 10.0. The van der Waals surface area contributed by atoms with Crippen LogP contribution in [0.1, 0.15) is 17.2 Å². The molecule has 0 aliphatic carbocycles. The lowest BCUT2D eigenvalue weighted by Gasteiger charge is -2.31. The van der Waals surface area contributed by atoms with Crippen LogP contribution < -0.4 is 10.9 Å². The lowest BCUT2D eigenvalue weighted by molar-refractivity contribution is -0.137. The third kappa shape index (κ3) is 4.15. The Kier molecular flexibility index (Phi) is 5.63. The van der Waals surface area contributed by atoms with E-state index in [2.05, 4.69) is 5.32 Å². The second kappa shape index (κ2) is 8.09. The Labute approximate surface area is 147 Å². The average Bonchev–Trinajstić information content (AvgIpc) is 2.66. The first-order valence-corrected chi connectivity index (χ1v) is 8.46. The minimum atomic E-state index is -0.482. The van der Waals surface area contributed by atoms with Crippen LogP contribution in [0.4, 0.5) is 0 Å². The zero-order valence-corrected chi connectivity index (χ0v) is 14.4. The molecule has 0 bridgehead atoms. The van der Waals surface area contributed by atoms with Gasteiger partial charge in [0.05, 0.1) is 13.2 Å². The van der Waals surface area contributed by atoms with E-state index in [9.17, 15) is 9.59 Å². The maximum Gasteiger partial charge on any atom is 0.254 e. The van der Waals surface area contributed by atoms with Gasteiger partial charge < -0.3 is 14.2 Å². The summed E-state index contributed by atoms with van der Waals surface area (Å²) in [5, 5.41) is 3.27. The quantitative estimate of drug-likeness (QED) is 0.884. The Morgan fingerprint density at radius 3 is 2.60 bits per heavy atom. The van der Waals surface area contributed by atoms with Crippen LogP contribution >= 0.6 is 0 Å². The lowest BCUT2D eigenvalue weighted by Crippen LogP contribution is -2.46. The molecule has 1 amide bonds. The van der Waals surface area contributed by atoms with Crippen LogP contribution in [-0.4, -0.2) is 41.7 Å². The fourth-order valence-electron chi connectivity index (χ4n) is 2.96. The van der Waals surface area contributed by atoms with Gasteiger partial charge in [0.2, 0.25) is 5.91 Å². The van der Waals surface area contributed by atoms with Crippen molar-refractivity contribution in [2.24, 2.45) is 7.05 Å². The zero-order chi connectivity index (χ0) is 17.6. The van der Waals surface area contributed by atoms with Gasteiger partial charge >= 0.3 is 0 Å². The van der Waals surface area contributed by atoms with Crippen molar-refractivity contribution in [1.82, 2.24) is 14.8 Å². The van der Waals surface area contributed by atoms with E-state index in [0.717, 1.165) is 5.56 Å². The predicted molar refractivity (Wildman–Crippen MR) is 95.1 cm³/mol. The summed E-state index contributed by atoms with van der Waals surface area (Å²) in [6.45, 7) is 2.65. The highest BCUT2D eigenvalue weighted by molar-refractivity contribution is 5.83. The van der Waals surface area contributed by atoms with Crippen molar-refractivity contribution in [2.45, 2.75) is 12.6 Å². The molecule has 6 nitrogen and oxygen atoms in total. The largest absolute Gasteiger partial charge is 0.378 e. The fourth-order valence-corrected chi connectivity index (χ4v) is 2.96. The minimum absolute atomic E-state index is 0.0160. The molecule has 3 rings (SSSR count). The summed E-state index contributed by atoms with van der Waals surface area (Å²) in [4.78, 5) is 27.0. The average molecular weight is 341 g/mol. The SMILES string of the molecule is Cn1cccc(CNC(C(=O)N2CCOCC2)c2ccccc2)c1=O. The number of carbonyl (C=O) groups is 1. The maximum atomic E-state index is 13.0. The molecule has 132 valence electrons. The Morgan fingerprint density at radius 1 is 1.16 bits per heavy atom. The van der Waals surface area contributed by atoms with E-state index in [1.807, 2.05) is 41.3 Å². The van der Waals surface area contributed by atoms with Crippen molar-refractivity contribution < 1.29 is 9.53 Å². The molecule has 6 heteroatoms. The summed E-state index contributed by atoms with van der Waals surface area (Å²) in [5.74, 6) is 0.0160. The highest BCUT2D eigenvalue weighted by Gasteiger charge is 2.27. The van der Waals surface area contributed by atoms with Gasteiger partial charge in [-0.2, -0.15) is 0 Å². The molecule has 25 heavy (non-hydrogen) atoms. The van der Waals surface area contributed by atoms with Crippen molar-refractivity contribution in [3.8, 4) is 0 Å². The van der Waals surface area contributed by atoms with E-state index in [4.69, 9.17) is 4.74 Å². The summed E-state index contributed by atoms with van der Waals surface area (Å²) in [6.07, 6.45) is 1.72. The van der Waals surface area contributed by atoms with Gasteiger partial charge in [-0.15, -0.1) is 0 Å². The van der Waals surface area contributed by atoms with E-state index in [1.54, 1.807) is 23.9 Å². The number of benzene rings is 1. The molecule has 2 heterocycles.